The predicted molar refractivity (Wildman–Crippen MR) is 81.8 cm³/mol. The molecule has 114 valence electrons. The molecule has 2 heterocycles. The standard InChI is InChI=1S/C15H20ClN3O2/c1-19-8-12(7-18-15(19)20)10-4-11(6-13(16)5-10)14-9-21-3-2-17-14/h4-6,12,14,17H,2-3,7-9H2,1H3,(H,18,20)/t12?,14-/m0/s1. The van der Waals surface area contributed by atoms with E-state index in [-0.39, 0.29) is 18.0 Å². The number of nitrogens with one attached hydrogen (secondary N) is 2. The van der Waals surface area contributed by atoms with Crippen LogP contribution < -0.4 is 10.6 Å². The second-order valence-electron chi connectivity index (χ2n) is 5.66. The third-order valence-electron chi connectivity index (χ3n) is 4.08. The molecular formula is C15H20ClN3O2. The van der Waals surface area contributed by atoms with Crippen LogP contribution in [0.25, 0.3) is 0 Å². The van der Waals surface area contributed by atoms with Crippen LogP contribution in [0.15, 0.2) is 18.2 Å². The van der Waals surface area contributed by atoms with Gasteiger partial charge in [0.15, 0.2) is 0 Å². The minimum absolute atomic E-state index is 0.0177. The van der Waals surface area contributed by atoms with E-state index in [1.165, 1.54) is 0 Å². The molecule has 2 saturated heterocycles. The first kappa shape index (κ1) is 14.6. The molecule has 0 aliphatic carbocycles. The summed E-state index contributed by atoms with van der Waals surface area (Å²) in [4.78, 5) is 13.2. The molecule has 0 bridgehead atoms. The van der Waals surface area contributed by atoms with E-state index in [4.69, 9.17) is 16.3 Å². The Morgan fingerprint density at radius 1 is 1.33 bits per heavy atom. The van der Waals surface area contributed by atoms with Gasteiger partial charge in [0.25, 0.3) is 0 Å². The Kier molecular flexibility index (Phi) is 4.33. The van der Waals surface area contributed by atoms with Crippen molar-refractivity contribution >= 4 is 17.6 Å². The molecule has 2 fully saturated rings. The monoisotopic (exact) mass is 309 g/mol. The summed E-state index contributed by atoms with van der Waals surface area (Å²) in [5.74, 6) is 0.259. The van der Waals surface area contributed by atoms with E-state index in [0.717, 1.165) is 29.3 Å². The Bertz CT molecular complexity index is 532. The molecule has 0 radical (unpaired) electrons. The van der Waals surface area contributed by atoms with Crippen molar-refractivity contribution in [3.63, 3.8) is 0 Å². The van der Waals surface area contributed by atoms with Gasteiger partial charge in [-0.1, -0.05) is 17.7 Å². The third-order valence-corrected chi connectivity index (χ3v) is 4.30. The van der Waals surface area contributed by atoms with Crippen LogP contribution in [0.5, 0.6) is 0 Å². The van der Waals surface area contributed by atoms with Crippen molar-refractivity contribution < 1.29 is 9.53 Å². The molecule has 3 rings (SSSR count). The number of hydrogen-bond acceptors (Lipinski definition) is 3. The van der Waals surface area contributed by atoms with Crippen LogP contribution in [-0.2, 0) is 4.74 Å². The fourth-order valence-corrected chi connectivity index (χ4v) is 3.15. The lowest BCUT2D eigenvalue weighted by Crippen LogP contribution is -2.48. The number of carbonyl (C=O) groups excluding carboxylic acids is 1. The van der Waals surface area contributed by atoms with Crippen LogP contribution >= 0.6 is 11.6 Å². The lowest BCUT2D eigenvalue weighted by molar-refractivity contribution is 0.0768. The highest BCUT2D eigenvalue weighted by atomic mass is 35.5. The maximum atomic E-state index is 11.5. The molecule has 2 aliphatic rings. The number of benzene rings is 1. The van der Waals surface area contributed by atoms with Crippen molar-refractivity contribution in [2.45, 2.75) is 12.0 Å². The first-order chi connectivity index (χ1) is 10.1. The van der Waals surface area contributed by atoms with Gasteiger partial charge < -0.3 is 20.3 Å². The molecule has 1 unspecified atom stereocenters. The van der Waals surface area contributed by atoms with Crippen LogP contribution in [0.1, 0.15) is 23.1 Å². The molecule has 0 spiro atoms. The maximum absolute atomic E-state index is 11.5. The van der Waals surface area contributed by atoms with Gasteiger partial charge in [-0.25, -0.2) is 4.79 Å². The predicted octanol–water partition coefficient (Wildman–Crippen LogP) is 1.74. The van der Waals surface area contributed by atoms with E-state index in [9.17, 15) is 4.79 Å². The van der Waals surface area contributed by atoms with Gasteiger partial charge in [0.1, 0.15) is 0 Å². The number of carbonyl (C=O) groups is 1. The molecule has 0 aromatic heterocycles. The first-order valence-electron chi connectivity index (χ1n) is 7.24. The van der Waals surface area contributed by atoms with E-state index in [2.05, 4.69) is 16.7 Å². The van der Waals surface area contributed by atoms with Crippen LogP contribution in [0.4, 0.5) is 4.79 Å². The number of hydrogen-bond donors (Lipinski definition) is 2. The Labute approximate surface area is 129 Å². The van der Waals surface area contributed by atoms with Crippen LogP contribution in [0.2, 0.25) is 5.02 Å². The van der Waals surface area contributed by atoms with E-state index < -0.39 is 0 Å². The number of amides is 2. The Balaban J connectivity index is 1.82. The smallest absolute Gasteiger partial charge is 0.317 e. The fourth-order valence-electron chi connectivity index (χ4n) is 2.90. The molecule has 2 aliphatic heterocycles. The molecule has 2 amide bonds. The van der Waals surface area contributed by atoms with Crippen molar-refractivity contribution in [2.24, 2.45) is 0 Å². The summed E-state index contributed by atoms with van der Waals surface area (Å²) in [6, 6.07) is 6.32. The summed E-state index contributed by atoms with van der Waals surface area (Å²) < 4.78 is 5.52. The van der Waals surface area contributed by atoms with E-state index in [0.29, 0.717) is 19.7 Å². The quantitative estimate of drug-likeness (QED) is 0.875. The average molecular weight is 310 g/mol. The van der Waals surface area contributed by atoms with E-state index in [1.54, 1.807) is 4.90 Å². The third kappa shape index (κ3) is 3.31. The summed E-state index contributed by atoms with van der Waals surface area (Å²) in [6.45, 7) is 3.64. The van der Waals surface area contributed by atoms with Gasteiger partial charge in [-0.15, -0.1) is 0 Å². The fraction of sp³-hybridized carbons (Fsp3) is 0.533. The summed E-state index contributed by atoms with van der Waals surface area (Å²) in [5, 5.41) is 7.08. The Morgan fingerprint density at radius 3 is 2.86 bits per heavy atom. The second-order valence-corrected chi connectivity index (χ2v) is 6.10. The number of likely N-dealkylation sites (N-methyl/N-ethyl adjacent to an activating group) is 1. The minimum Gasteiger partial charge on any atom is -0.378 e. The molecule has 0 saturated carbocycles. The van der Waals surface area contributed by atoms with Gasteiger partial charge in [0.05, 0.1) is 19.3 Å². The molecule has 2 atom stereocenters. The van der Waals surface area contributed by atoms with Crippen molar-refractivity contribution in [3.8, 4) is 0 Å². The zero-order valence-corrected chi connectivity index (χ0v) is 12.8. The molecule has 1 aromatic carbocycles. The molecule has 21 heavy (non-hydrogen) atoms. The van der Waals surface area contributed by atoms with Gasteiger partial charge >= 0.3 is 6.03 Å². The summed E-state index contributed by atoms with van der Waals surface area (Å²) in [6.07, 6.45) is 0. The van der Waals surface area contributed by atoms with E-state index >= 15 is 0 Å². The molecule has 5 nitrogen and oxygen atoms in total. The zero-order valence-electron chi connectivity index (χ0n) is 12.1. The lowest BCUT2D eigenvalue weighted by atomic mass is 9.93. The highest BCUT2D eigenvalue weighted by Crippen LogP contribution is 2.27. The second kappa shape index (κ2) is 6.22. The van der Waals surface area contributed by atoms with Crippen LogP contribution in [-0.4, -0.2) is 50.8 Å². The molecule has 1 aromatic rings. The number of morpholine rings is 1. The summed E-state index contributed by atoms with van der Waals surface area (Å²) in [5.41, 5.74) is 2.31. The van der Waals surface area contributed by atoms with Crippen molar-refractivity contribution in [1.29, 1.82) is 0 Å². The zero-order chi connectivity index (χ0) is 14.8. The SMILES string of the molecule is CN1CC(c2cc(Cl)cc([C@@H]3COCCN3)c2)CNC1=O. The molecule has 6 heteroatoms. The average Bonchev–Trinajstić information content (AvgIpc) is 2.50. The molecule has 2 N–H and O–H groups in total. The Morgan fingerprint density at radius 2 is 2.14 bits per heavy atom. The minimum atomic E-state index is -0.0177. The lowest BCUT2D eigenvalue weighted by Gasteiger charge is -2.31. The number of rotatable bonds is 2. The van der Waals surface area contributed by atoms with Crippen molar-refractivity contribution in [2.75, 3.05) is 39.9 Å². The normalized spacial score (nSPS) is 26.6. The maximum Gasteiger partial charge on any atom is 0.317 e. The number of halogens is 1. The highest BCUT2D eigenvalue weighted by molar-refractivity contribution is 6.30. The van der Waals surface area contributed by atoms with Gasteiger partial charge in [0, 0.05) is 37.6 Å². The van der Waals surface area contributed by atoms with Crippen LogP contribution in [0.3, 0.4) is 0 Å². The Hall–Kier alpha value is -1.30. The summed E-state index contributed by atoms with van der Waals surface area (Å²) >= 11 is 6.28. The number of ether oxygens (including phenoxy) is 1. The first-order valence-corrected chi connectivity index (χ1v) is 7.62. The highest BCUT2D eigenvalue weighted by Gasteiger charge is 2.25. The van der Waals surface area contributed by atoms with Gasteiger partial charge in [-0.2, -0.15) is 0 Å². The summed E-state index contributed by atoms with van der Waals surface area (Å²) in [7, 11) is 1.81. The van der Waals surface area contributed by atoms with Crippen molar-refractivity contribution in [3.05, 3.63) is 34.3 Å². The van der Waals surface area contributed by atoms with Gasteiger partial charge in [0.2, 0.25) is 0 Å². The topological polar surface area (TPSA) is 53.6 Å². The largest absolute Gasteiger partial charge is 0.378 e. The van der Waals surface area contributed by atoms with Crippen molar-refractivity contribution in [1.82, 2.24) is 15.5 Å². The number of urea groups is 1. The van der Waals surface area contributed by atoms with Crippen LogP contribution in [0, 0.1) is 0 Å². The van der Waals surface area contributed by atoms with Gasteiger partial charge in [-0.05, 0) is 23.3 Å². The number of nitrogens with zero attached hydrogens (tertiary/aromatic N) is 1. The molecular weight excluding hydrogens is 290 g/mol. The van der Waals surface area contributed by atoms with E-state index in [1.807, 2.05) is 19.2 Å². The van der Waals surface area contributed by atoms with Gasteiger partial charge in [-0.3, -0.25) is 0 Å².